The molecule has 0 aromatic heterocycles. The average molecular weight is 248 g/mol. The first-order valence-electron chi connectivity index (χ1n) is 4.79. The molecule has 0 aliphatic heterocycles. The lowest BCUT2D eigenvalue weighted by Gasteiger charge is -2.20. The van der Waals surface area contributed by atoms with E-state index < -0.39 is 18.2 Å². The van der Waals surface area contributed by atoms with E-state index in [9.17, 15) is 18.0 Å². The topological polar surface area (TPSA) is 46.5 Å². The predicted octanol–water partition coefficient (Wildman–Crippen LogP) is 3.02. The van der Waals surface area contributed by atoms with Crippen molar-refractivity contribution in [3.8, 4) is 5.75 Å². The van der Waals surface area contributed by atoms with Crippen LogP contribution in [0.2, 0.25) is 0 Å². The third kappa shape index (κ3) is 3.12. The van der Waals surface area contributed by atoms with Crippen LogP contribution in [0.15, 0.2) is 18.2 Å². The molecule has 1 unspecified atom stereocenters. The zero-order valence-electron chi connectivity index (χ0n) is 9.21. The van der Waals surface area contributed by atoms with Crippen LogP contribution in [-0.2, 0) is 0 Å². The van der Waals surface area contributed by atoms with Crippen LogP contribution in [0, 0.1) is 6.92 Å². The van der Waals surface area contributed by atoms with E-state index in [0.29, 0.717) is 5.56 Å². The number of carboxylic acid groups (broad SMARTS) is 1. The van der Waals surface area contributed by atoms with E-state index in [4.69, 9.17) is 9.84 Å². The minimum absolute atomic E-state index is 0.246. The average Bonchev–Trinajstić information content (AvgIpc) is 2.18. The summed E-state index contributed by atoms with van der Waals surface area (Å²) >= 11 is 0. The van der Waals surface area contributed by atoms with Crippen molar-refractivity contribution < 1.29 is 27.8 Å². The van der Waals surface area contributed by atoms with Gasteiger partial charge in [-0.3, -0.25) is 0 Å². The molecule has 0 saturated carbocycles. The van der Waals surface area contributed by atoms with E-state index in [2.05, 4.69) is 0 Å². The van der Waals surface area contributed by atoms with Gasteiger partial charge in [-0.25, -0.2) is 4.79 Å². The Balaban J connectivity index is 3.09. The summed E-state index contributed by atoms with van der Waals surface area (Å²) in [6.45, 7) is 2.32. The lowest BCUT2D eigenvalue weighted by atomic mass is 10.1. The zero-order chi connectivity index (χ0) is 13.2. The Bertz CT molecular complexity index is 426. The molecule has 1 aromatic carbocycles. The molecule has 0 amide bonds. The third-order valence-corrected chi connectivity index (χ3v) is 2.20. The number of carboxylic acids is 1. The number of halogens is 3. The number of hydrogen-bond donors (Lipinski definition) is 1. The van der Waals surface area contributed by atoms with Gasteiger partial charge in [-0.2, -0.15) is 13.2 Å². The van der Waals surface area contributed by atoms with Gasteiger partial charge in [-0.05, 0) is 25.5 Å². The molecule has 94 valence electrons. The van der Waals surface area contributed by atoms with E-state index in [0.717, 1.165) is 6.92 Å². The minimum Gasteiger partial charge on any atom is -0.480 e. The Morgan fingerprint density at radius 3 is 2.47 bits per heavy atom. The number of benzene rings is 1. The highest BCUT2D eigenvalue weighted by atomic mass is 19.4. The molecule has 0 aliphatic rings. The SMILES string of the molecule is Cc1cccc(C(=O)O)c1OC(C)C(F)(F)F. The second-order valence-corrected chi connectivity index (χ2v) is 3.56. The maximum Gasteiger partial charge on any atom is 0.425 e. The first-order chi connectivity index (χ1) is 7.73. The molecule has 1 N–H and O–H groups in total. The molecule has 0 heterocycles. The molecule has 1 rings (SSSR count). The predicted molar refractivity (Wildman–Crippen MR) is 54.3 cm³/mol. The van der Waals surface area contributed by atoms with Crippen molar-refractivity contribution in [1.82, 2.24) is 0 Å². The van der Waals surface area contributed by atoms with Crippen LogP contribution in [0.1, 0.15) is 22.8 Å². The van der Waals surface area contributed by atoms with E-state index in [-0.39, 0.29) is 11.3 Å². The lowest BCUT2D eigenvalue weighted by molar-refractivity contribution is -0.189. The molecule has 0 aliphatic carbocycles. The minimum atomic E-state index is -4.53. The van der Waals surface area contributed by atoms with Crippen LogP contribution in [0.5, 0.6) is 5.75 Å². The fourth-order valence-electron chi connectivity index (χ4n) is 1.22. The van der Waals surface area contributed by atoms with E-state index >= 15 is 0 Å². The van der Waals surface area contributed by atoms with Gasteiger partial charge in [0.15, 0.2) is 6.10 Å². The molecule has 1 atom stereocenters. The summed E-state index contributed by atoms with van der Waals surface area (Å²) in [5, 5.41) is 8.84. The van der Waals surface area contributed by atoms with Crippen LogP contribution < -0.4 is 4.74 Å². The highest BCUT2D eigenvalue weighted by Gasteiger charge is 2.38. The lowest BCUT2D eigenvalue weighted by Crippen LogP contribution is -2.31. The van der Waals surface area contributed by atoms with Crippen molar-refractivity contribution in [2.75, 3.05) is 0 Å². The van der Waals surface area contributed by atoms with Gasteiger partial charge in [0.25, 0.3) is 0 Å². The number of hydrogen-bond acceptors (Lipinski definition) is 2. The smallest absolute Gasteiger partial charge is 0.425 e. The van der Waals surface area contributed by atoms with Gasteiger partial charge in [-0.15, -0.1) is 0 Å². The molecule has 6 heteroatoms. The molecule has 0 saturated heterocycles. The van der Waals surface area contributed by atoms with Gasteiger partial charge < -0.3 is 9.84 Å². The van der Waals surface area contributed by atoms with Crippen LogP contribution in [0.25, 0.3) is 0 Å². The molecule has 1 aromatic rings. The normalized spacial score (nSPS) is 13.2. The fraction of sp³-hybridized carbons (Fsp3) is 0.364. The molecule has 17 heavy (non-hydrogen) atoms. The first kappa shape index (κ1) is 13.3. The van der Waals surface area contributed by atoms with Gasteiger partial charge in [-0.1, -0.05) is 12.1 Å². The van der Waals surface area contributed by atoms with Crippen molar-refractivity contribution in [2.24, 2.45) is 0 Å². The van der Waals surface area contributed by atoms with Gasteiger partial charge in [0, 0.05) is 0 Å². The number of ether oxygens (including phenoxy) is 1. The second-order valence-electron chi connectivity index (χ2n) is 3.56. The quantitative estimate of drug-likeness (QED) is 0.894. The summed E-state index contributed by atoms with van der Waals surface area (Å²) in [6, 6.07) is 4.14. The Kier molecular flexibility index (Phi) is 3.65. The third-order valence-electron chi connectivity index (χ3n) is 2.20. The Morgan fingerprint density at radius 1 is 1.41 bits per heavy atom. The van der Waals surface area contributed by atoms with Crippen molar-refractivity contribution in [3.63, 3.8) is 0 Å². The number of alkyl halides is 3. The summed E-state index contributed by atoms with van der Waals surface area (Å²) in [7, 11) is 0. The van der Waals surface area contributed by atoms with Crippen LogP contribution >= 0.6 is 0 Å². The molecule has 0 radical (unpaired) electrons. The number of carbonyl (C=O) groups is 1. The molecular weight excluding hydrogens is 237 g/mol. The summed E-state index contributed by atoms with van der Waals surface area (Å²) in [5.41, 5.74) is 0.0714. The van der Waals surface area contributed by atoms with Crippen molar-refractivity contribution >= 4 is 5.97 Å². The summed E-state index contributed by atoms with van der Waals surface area (Å²) in [5.74, 6) is -1.57. The Labute approximate surface area is 95.8 Å². The Morgan fingerprint density at radius 2 is 2.00 bits per heavy atom. The maximum atomic E-state index is 12.3. The second kappa shape index (κ2) is 4.65. The van der Waals surface area contributed by atoms with E-state index in [1.54, 1.807) is 0 Å². The van der Waals surface area contributed by atoms with Crippen molar-refractivity contribution in [2.45, 2.75) is 26.1 Å². The number of para-hydroxylation sites is 1. The van der Waals surface area contributed by atoms with Crippen LogP contribution in [0.4, 0.5) is 13.2 Å². The highest BCUT2D eigenvalue weighted by molar-refractivity contribution is 5.91. The number of rotatable bonds is 3. The summed E-state index contributed by atoms with van der Waals surface area (Å²) in [6.07, 6.45) is -6.58. The zero-order valence-corrected chi connectivity index (χ0v) is 9.21. The number of aryl methyl sites for hydroxylation is 1. The molecule has 0 fully saturated rings. The number of aromatic carboxylic acids is 1. The molecule has 3 nitrogen and oxygen atoms in total. The largest absolute Gasteiger partial charge is 0.480 e. The van der Waals surface area contributed by atoms with Gasteiger partial charge in [0.1, 0.15) is 11.3 Å². The van der Waals surface area contributed by atoms with E-state index in [1.165, 1.54) is 25.1 Å². The summed E-state index contributed by atoms with van der Waals surface area (Å²) in [4.78, 5) is 10.8. The fourth-order valence-corrected chi connectivity index (χ4v) is 1.22. The maximum absolute atomic E-state index is 12.3. The van der Waals surface area contributed by atoms with Crippen LogP contribution in [-0.4, -0.2) is 23.4 Å². The van der Waals surface area contributed by atoms with Gasteiger partial charge >= 0.3 is 12.1 Å². The van der Waals surface area contributed by atoms with Crippen molar-refractivity contribution in [1.29, 1.82) is 0 Å². The first-order valence-corrected chi connectivity index (χ1v) is 4.79. The Hall–Kier alpha value is -1.72. The summed E-state index contributed by atoms with van der Waals surface area (Å²) < 4.78 is 41.7. The van der Waals surface area contributed by atoms with Crippen molar-refractivity contribution in [3.05, 3.63) is 29.3 Å². The van der Waals surface area contributed by atoms with E-state index in [1.807, 2.05) is 0 Å². The molecule has 0 bridgehead atoms. The molecule has 0 spiro atoms. The standard InChI is InChI=1S/C11H11F3O3/c1-6-4-3-5-8(10(15)16)9(6)17-7(2)11(12,13)14/h3-5,7H,1-2H3,(H,15,16). The highest BCUT2D eigenvalue weighted by Crippen LogP contribution is 2.29. The molecular formula is C11H11F3O3. The van der Waals surface area contributed by atoms with Crippen LogP contribution in [0.3, 0.4) is 0 Å². The monoisotopic (exact) mass is 248 g/mol. The van der Waals surface area contributed by atoms with Gasteiger partial charge in [0.2, 0.25) is 0 Å². The van der Waals surface area contributed by atoms with Gasteiger partial charge in [0.05, 0.1) is 0 Å².